The minimum Gasteiger partial charge on any atom is -0.336 e. The molecule has 0 aromatic rings. The zero-order valence-electron chi connectivity index (χ0n) is 7.37. The maximum atomic E-state index is 11.3. The Bertz CT molecular complexity index is 276. The Labute approximate surface area is 72.1 Å². The molecule has 3 nitrogen and oxygen atoms in total. The summed E-state index contributed by atoms with van der Waals surface area (Å²) in [5, 5.41) is 0. The number of hydrogen-bond acceptors (Lipinski definition) is 2. The standard InChI is InChI=1S/C9H12N2O/c1-4-7-8(10-5-2)6-11(3)9(7)12/h4-5H,1,6H2,2-3H3. The Kier molecular flexibility index (Phi) is 2.43. The van der Waals surface area contributed by atoms with Crippen molar-refractivity contribution < 1.29 is 4.79 Å². The van der Waals surface area contributed by atoms with E-state index in [0.29, 0.717) is 12.1 Å². The predicted molar refractivity (Wildman–Crippen MR) is 49.0 cm³/mol. The van der Waals surface area contributed by atoms with Crippen molar-refractivity contribution in [2.75, 3.05) is 13.6 Å². The fraction of sp³-hybridized carbons (Fsp3) is 0.333. The molecule has 0 atom stereocenters. The molecule has 1 rings (SSSR count). The van der Waals surface area contributed by atoms with Crippen molar-refractivity contribution in [3.63, 3.8) is 0 Å². The number of amides is 1. The molecule has 0 fully saturated rings. The Morgan fingerprint density at radius 1 is 1.67 bits per heavy atom. The minimum absolute atomic E-state index is 0.00519. The van der Waals surface area contributed by atoms with Gasteiger partial charge in [0.2, 0.25) is 0 Å². The van der Waals surface area contributed by atoms with Crippen LogP contribution in [-0.2, 0) is 4.79 Å². The van der Waals surface area contributed by atoms with Crippen molar-refractivity contribution in [1.82, 2.24) is 4.90 Å². The average Bonchev–Trinajstić information content (AvgIpc) is 2.29. The summed E-state index contributed by atoms with van der Waals surface area (Å²) in [6, 6.07) is 0. The maximum Gasteiger partial charge on any atom is 0.255 e. The first-order chi connectivity index (χ1) is 5.70. The smallest absolute Gasteiger partial charge is 0.255 e. The van der Waals surface area contributed by atoms with E-state index in [1.807, 2.05) is 6.92 Å². The van der Waals surface area contributed by atoms with E-state index in [1.165, 1.54) is 0 Å². The molecular formula is C9H12N2O. The van der Waals surface area contributed by atoms with Crippen LogP contribution in [0, 0.1) is 0 Å². The number of carbonyl (C=O) groups is 1. The van der Waals surface area contributed by atoms with Gasteiger partial charge in [0.05, 0.1) is 17.8 Å². The largest absolute Gasteiger partial charge is 0.336 e. The summed E-state index contributed by atoms with van der Waals surface area (Å²) in [6.45, 7) is 6.00. The summed E-state index contributed by atoms with van der Waals surface area (Å²) >= 11 is 0. The van der Waals surface area contributed by atoms with E-state index in [-0.39, 0.29) is 5.91 Å². The summed E-state index contributed by atoms with van der Waals surface area (Å²) < 4.78 is 0. The highest BCUT2D eigenvalue weighted by molar-refractivity contribution is 5.99. The average molecular weight is 164 g/mol. The fourth-order valence-electron chi connectivity index (χ4n) is 1.18. The van der Waals surface area contributed by atoms with Crippen LogP contribution in [0.4, 0.5) is 0 Å². The van der Waals surface area contributed by atoms with E-state index in [4.69, 9.17) is 0 Å². The molecule has 0 N–H and O–H groups in total. The van der Waals surface area contributed by atoms with Gasteiger partial charge in [-0.2, -0.15) is 0 Å². The van der Waals surface area contributed by atoms with Gasteiger partial charge >= 0.3 is 0 Å². The Balaban J connectivity index is 3.01. The normalized spacial score (nSPS) is 18.2. The van der Waals surface area contributed by atoms with Gasteiger partial charge < -0.3 is 4.90 Å². The molecule has 3 heteroatoms. The summed E-state index contributed by atoms with van der Waals surface area (Å²) in [4.78, 5) is 17.1. The van der Waals surface area contributed by atoms with E-state index < -0.39 is 0 Å². The molecule has 64 valence electrons. The number of hydrogen-bond donors (Lipinski definition) is 0. The van der Waals surface area contributed by atoms with E-state index in [9.17, 15) is 4.79 Å². The predicted octanol–water partition coefficient (Wildman–Crippen LogP) is 0.989. The van der Waals surface area contributed by atoms with Crippen LogP contribution in [0.2, 0.25) is 0 Å². The lowest BCUT2D eigenvalue weighted by molar-refractivity contribution is -0.124. The molecule has 12 heavy (non-hydrogen) atoms. The van der Waals surface area contributed by atoms with Crippen LogP contribution < -0.4 is 0 Å². The summed E-state index contributed by atoms with van der Waals surface area (Å²) in [5.41, 5.74) is 1.43. The van der Waals surface area contributed by atoms with Crippen LogP contribution in [0.5, 0.6) is 0 Å². The molecule has 0 spiro atoms. The van der Waals surface area contributed by atoms with Crippen LogP contribution in [0.15, 0.2) is 28.9 Å². The van der Waals surface area contributed by atoms with Gasteiger partial charge in [0.25, 0.3) is 5.91 Å². The third-order valence-electron chi connectivity index (χ3n) is 1.76. The molecule has 0 radical (unpaired) electrons. The van der Waals surface area contributed by atoms with Crippen LogP contribution >= 0.6 is 0 Å². The second-order valence-electron chi connectivity index (χ2n) is 2.61. The first-order valence-corrected chi connectivity index (χ1v) is 3.80. The van der Waals surface area contributed by atoms with Crippen LogP contribution in [0.3, 0.4) is 0 Å². The lowest BCUT2D eigenvalue weighted by Gasteiger charge is -2.05. The highest BCUT2D eigenvalue weighted by atomic mass is 16.2. The number of rotatable bonds is 2. The molecule has 1 aliphatic rings. The Morgan fingerprint density at radius 2 is 2.33 bits per heavy atom. The highest BCUT2D eigenvalue weighted by Crippen LogP contribution is 2.18. The molecule has 0 aromatic carbocycles. The van der Waals surface area contributed by atoms with Crippen molar-refractivity contribution in [2.45, 2.75) is 6.92 Å². The van der Waals surface area contributed by atoms with Crippen molar-refractivity contribution in [1.29, 1.82) is 0 Å². The van der Waals surface area contributed by atoms with Crippen molar-refractivity contribution in [3.05, 3.63) is 23.9 Å². The molecule has 1 aliphatic heterocycles. The third-order valence-corrected chi connectivity index (χ3v) is 1.76. The van der Waals surface area contributed by atoms with E-state index in [1.54, 1.807) is 24.2 Å². The van der Waals surface area contributed by atoms with Crippen LogP contribution in [-0.4, -0.2) is 30.6 Å². The molecule has 1 amide bonds. The zero-order chi connectivity index (χ0) is 9.14. The molecule has 0 aliphatic carbocycles. The molecule has 0 unspecified atom stereocenters. The van der Waals surface area contributed by atoms with Gasteiger partial charge in [-0.1, -0.05) is 12.7 Å². The van der Waals surface area contributed by atoms with Crippen LogP contribution in [0.25, 0.3) is 0 Å². The SMILES string of the molecule is C=CC1=C(N=CC)CN(C)C1=O. The first-order valence-electron chi connectivity index (χ1n) is 3.80. The quantitative estimate of drug-likeness (QED) is 0.560. The first kappa shape index (κ1) is 8.71. The van der Waals surface area contributed by atoms with Gasteiger partial charge in [-0.25, -0.2) is 0 Å². The lowest BCUT2D eigenvalue weighted by Crippen LogP contribution is -2.21. The number of aliphatic imine (C=N–C) groups is 1. The maximum absolute atomic E-state index is 11.3. The van der Waals surface area contributed by atoms with Gasteiger partial charge in [0.1, 0.15) is 0 Å². The van der Waals surface area contributed by atoms with Gasteiger partial charge in [-0.05, 0) is 6.92 Å². The minimum atomic E-state index is 0.00519. The van der Waals surface area contributed by atoms with Gasteiger partial charge in [-0.3, -0.25) is 9.79 Å². The van der Waals surface area contributed by atoms with E-state index in [2.05, 4.69) is 11.6 Å². The summed E-state index contributed by atoms with van der Waals surface area (Å²) in [7, 11) is 1.75. The zero-order valence-corrected chi connectivity index (χ0v) is 7.37. The molecule has 0 saturated heterocycles. The number of carbonyl (C=O) groups excluding carboxylic acids is 1. The summed E-state index contributed by atoms with van der Waals surface area (Å²) in [5.74, 6) is 0.00519. The second-order valence-corrected chi connectivity index (χ2v) is 2.61. The van der Waals surface area contributed by atoms with Gasteiger partial charge in [0.15, 0.2) is 0 Å². The van der Waals surface area contributed by atoms with Gasteiger partial charge in [-0.15, -0.1) is 0 Å². The fourth-order valence-corrected chi connectivity index (χ4v) is 1.18. The molecule has 0 saturated carbocycles. The number of likely N-dealkylation sites (N-methyl/N-ethyl adjacent to an activating group) is 1. The van der Waals surface area contributed by atoms with E-state index >= 15 is 0 Å². The monoisotopic (exact) mass is 164 g/mol. The molecule has 0 aromatic heterocycles. The van der Waals surface area contributed by atoms with E-state index in [0.717, 1.165) is 5.70 Å². The second kappa shape index (κ2) is 3.34. The Morgan fingerprint density at radius 3 is 2.83 bits per heavy atom. The molecule has 0 bridgehead atoms. The van der Waals surface area contributed by atoms with Crippen molar-refractivity contribution in [2.24, 2.45) is 4.99 Å². The highest BCUT2D eigenvalue weighted by Gasteiger charge is 2.24. The molecular weight excluding hydrogens is 152 g/mol. The third kappa shape index (κ3) is 1.30. The van der Waals surface area contributed by atoms with Crippen LogP contribution in [0.1, 0.15) is 6.92 Å². The topological polar surface area (TPSA) is 32.7 Å². The lowest BCUT2D eigenvalue weighted by atomic mass is 10.2. The van der Waals surface area contributed by atoms with Gasteiger partial charge in [0, 0.05) is 13.3 Å². The summed E-state index contributed by atoms with van der Waals surface area (Å²) in [6.07, 6.45) is 3.25. The molecule has 1 heterocycles. The Hall–Kier alpha value is -1.38. The number of nitrogens with zero attached hydrogens (tertiary/aromatic N) is 2. The van der Waals surface area contributed by atoms with Crippen molar-refractivity contribution >= 4 is 12.1 Å². The van der Waals surface area contributed by atoms with Crippen molar-refractivity contribution in [3.8, 4) is 0 Å².